The second-order valence-electron chi connectivity index (χ2n) is 5.95. The Morgan fingerprint density at radius 2 is 1.67 bits per heavy atom. The number of benzene rings is 2. The first-order valence-electron chi connectivity index (χ1n) is 7.77. The smallest absolute Gasteiger partial charge is 0.247 e. The maximum absolute atomic E-state index is 12.0. The Hall–Kier alpha value is -2.92. The summed E-state index contributed by atoms with van der Waals surface area (Å²) in [5.74, 6) is 0.251. The SMILES string of the molecule is O=C(NO)[C@H]1[C@@H](c2ccccc2)[C@@H]1c1ccc(-c2cnco2)cc1. The third-order valence-corrected chi connectivity index (χ3v) is 4.63. The molecule has 5 nitrogen and oxygen atoms in total. The molecule has 1 saturated carbocycles. The Bertz CT molecular complexity index is 829. The molecule has 5 heteroatoms. The van der Waals surface area contributed by atoms with Crippen LogP contribution in [0.4, 0.5) is 0 Å². The molecule has 0 spiro atoms. The standard InChI is InChI=1S/C19H16N2O3/c22-19(21-23)18-16(13-4-2-1-3-5-13)17(18)14-8-6-12(7-9-14)15-10-20-11-24-15/h1-11,16-18,23H,(H,21,22)/t16-,17-,18-/m0/s1. The summed E-state index contributed by atoms with van der Waals surface area (Å²) in [6.45, 7) is 0. The van der Waals surface area contributed by atoms with E-state index in [1.807, 2.05) is 54.6 Å². The Morgan fingerprint density at radius 1 is 1.00 bits per heavy atom. The van der Waals surface area contributed by atoms with Gasteiger partial charge in [0.15, 0.2) is 12.2 Å². The molecule has 1 aromatic heterocycles. The van der Waals surface area contributed by atoms with Crippen molar-refractivity contribution in [3.8, 4) is 11.3 Å². The predicted molar refractivity (Wildman–Crippen MR) is 87.3 cm³/mol. The van der Waals surface area contributed by atoms with E-state index in [9.17, 15) is 4.79 Å². The van der Waals surface area contributed by atoms with Crippen LogP contribution in [0.15, 0.2) is 71.6 Å². The van der Waals surface area contributed by atoms with Crippen molar-refractivity contribution in [3.63, 3.8) is 0 Å². The Kier molecular flexibility index (Phi) is 3.63. The Balaban J connectivity index is 1.63. The first kappa shape index (κ1) is 14.7. The van der Waals surface area contributed by atoms with Crippen LogP contribution in [-0.2, 0) is 4.79 Å². The second kappa shape index (κ2) is 5.94. The molecule has 1 fully saturated rings. The van der Waals surface area contributed by atoms with Crippen molar-refractivity contribution in [1.82, 2.24) is 10.5 Å². The lowest BCUT2D eigenvalue weighted by Gasteiger charge is -2.02. The van der Waals surface area contributed by atoms with Crippen molar-refractivity contribution >= 4 is 5.91 Å². The van der Waals surface area contributed by atoms with Gasteiger partial charge in [-0.15, -0.1) is 0 Å². The molecule has 1 heterocycles. The molecule has 0 radical (unpaired) electrons. The summed E-state index contributed by atoms with van der Waals surface area (Å²) in [5.41, 5.74) is 4.92. The van der Waals surface area contributed by atoms with Gasteiger partial charge in [0.2, 0.25) is 5.91 Å². The molecule has 120 valence electrons. The highest BCUT2D eigenvalue weighted by molar-refractivity contribution is 5.84. The van der Waals surface area contributed by atoms with E-state index in [0.29, 0.717) is 5.76 Å². The molecular formula is C19H16N2O3. The number of carbonyl (C=O) groups is 1. The normalized spacial score (nSPS) is 22.1. The van der Waals surface area contributed by atoms with E-state index >= 15 is 0 Å². The highest BCUT2D eigenvalue weighted by Gasteiger charge is 2.56. The minimum atomic E-state index is -0.340. The number of aromatic nitrogens is 1. The lowest BCUT2D eigenvalue weighted by Crippen LogP contribution is -2.21. The molecule has 0 aliphatic heterocycles. The van der Waals surface area contributed by atoms with Crippen LogP contribution in [0, 0.1) is 5.92 Å². The van der Waals surface area contributed by atoms with Gasteiger partial charge in [-0.3, -0.25) is 10.0 Å². The van der Waals surface area contributed by atoms with Gasteiger partial charge in [0.1, 0.15) is 0 Å². The number of hydrogen-bond acceptors (Lipinski definition) is 4. The average molecular weight is 320 g/mol. The van der Waals surface area contributed by atoms with Crippen LogP contribution in [0.3, 0.4) is 0 Å². The summed E-state index contributed by atoms with van der Waals surface area (Å²) < 4.78 is 5.29. The summed E-state index contributed by atoms with van der Waals surface area (Å²) >= 11 is 0. The first-order valence-corrected chi connectivity index (χ1v) is 7.77. The molecular weight excluding hydrogens is 304 g/mol. The zero-order chi connectivity index (χ0) is 16.5. The van der Waals surface area contributed by atoms with Crippen LogP contribution < -0.4 is 5.48 Å². The lowest BCUT2D eigenvalue weighted by atomic mass is 10.0. The second-order valence-corrected chi connectivity index (χ2v) is 5.95. The quantitative estimate of drug-likeness (QED) is 0.571. The van der Waals surface area contributed by atoms with Crippen molar-refractivity contribution in [1.29, 1.82) is 0 Å². The highest BCUT2D eigenvalue weighted by atomic mass is 16.5. The molecule has 0 unspecified atom stereocenters. The lowest BCUT2D eigenvalue weighted by molar-refractivity contribution is -0.130. The molecule has 4 rings (SSSR count). The van der Waals surface area contributed by atoms with Gasteiger partial charge < -0.3 is 4.42 Å². The van der Waals surface area contributed by atoms with E-state index in [1.54, 1.807) is 11.7 Å². The number of hydroxylamine groups is 1. The first-order chi connectivity index (χ1) is 11.8. The predicted octanol–water partition coefficient (Wildman–Crippen LogP) is 3.34. The molecule has 0 bridgehead atoms. The number of carbonyl (C=O) groups excluding carboxylic acids is 1. The van der Waals surface area contributed by atoms with Crippen molar-refractivity contribution in [2.45, 2.75) is 11.8 Å². The molecule has 2 aromatic carbocycles. The van der Waals surface area contributed by atoms with Gasteiger partial charge in [0.05, 0.1) is 12.1 Å². The summed E-state index contributed by atoms with van der Waals surface area (Å²) in [5, 5.41) is 9.02. The molecule has 1 amide bonds. The number of rotatable bonds is 4. The fraction of sp³-hybridized carbons (Fsp3) is 0.158. The van der Waals surface area contributed by atoms with Gasteiger partial charge in [-0.2, -0.15) is 0 Å². The van der Waals surface area contributed by atoms with Crippen LogP contribution in [0.1, 0.15) is 23.0 Å². The average Bonchev–Trinajstić information content (AvgIpc) is 3.15. The van der Waals surface area contributed by atoms with Crippen LogP contribution in [0.25, 0.3) is 11.3 Å². The largest absolute Gasteiger partial charge is 0.444 e. The van der Waals surface area contributed by atoms with Gasteiger partial charge >= 0.3 is 0 Å². The highest BCUT2D eigenvalue weighted by Crippen LogP contribution is 2.60. The van der Waals surface area contributed by atoms with Crippen molar-refractivity contribution < 1.29 is 14.4 Å². The topological polar surface area (TPSA) is 75.4 Å². The zero-order valence-corrected chi connectivity index (χ0v) is 12.8. The third kappa shape index (κ3) is 2.49. The molecule has 3 aromatic rings. The minimum absolute atomic E-state index is 0.0586. The summed E-state index contributed by atoms with van der Waals surface area (Å²) in [4.78, 5) is 15.9. The monoisotopic (exact) mass is 320 g/mol. The van der Waals surface area contributed by atoms with Crippen molar-refractivity contribution in [3.05, 3.63) is 78.3 Å². The Morgan fingerprint density at radius 3 is 2.25 bits per heavy atom. The molecule has 3 atom stereocenters. The number of nitrogens with zero attached hydrogens (tertiary/aromatic N) is 1. The number of hydrogen-bond donors (Lipinski definition) is 2. The van der Waals surface area contributed by atoms with Crippen LogP contribution in [0.5, 0.6) is 0 Å². The van der Waals surface area contributed by atoms with Crippen molar-refractivity contribution in [2.75, 3.05) is 0 Å². The molecule has 0 saturated heterocycles. The van der Waals surface area contributed by atoms with Crippen LogP contribution >= 0.6 is 0 Å². The molecule has 1 aliphatic rings. The fourth-order valence-electron chi connectivity index (χ4n) is 3.44. The summed E-state index contributed by atoms with van der Waals surface area (Å²) in [7, 11) is 0. The maximum atomic E-state index is 12.0. The zero-order valence-electron chi connectivity index (χ0n) is 12.8. The summed E-state index contributed by atoms with van der Waals surface area (Å²) in [6.07, 6.45) is 3.07. The Labute approximate surface area is 138 Å². The van der Waals surface area contributed by atoms with Crippen molar-refractivity contribution in [2.24, 2.45) is 5.92 Å². The van der Waals surface area contributed by atoms with Crippen LogP contribution in [-0.4, -0.2) is 16.1 Å². The van der Waals surface area contributed by atoms with E-state index < -0.39 is 0 Å². The van der Waals surface area contributed by atoms with E-state index in [0.717, 1.165) is 16.7 Å². The van der Waals surface area contributed by atoms with E-state index in [1.165, 1.54) is 6.39 Å². The van der Waals surface area contributed by atoms with Gasteiger partial charge in [0, 0.05) is 17.4 Å². The third-order valence-electron chi connectivity index (χ3n) is 4.63. The summed E-state index contributed by atoms with van der Waals surface area (Å²) in [6, 6.07) is 17.8. The van der Waals surface area contributed by atoms with Gasteiger partial charge in [-0.25, -0.2) is 10.5 Å². The van der Waals surface area contributed by atoms with E-state index in [-0.39, 0.29) is 23.7 Å². The molecule has 2 N–H and O–H groups in total. The maximum Gasteiger partial charge on any atom is 0.247 e. The van der Waals surface area contributed by atoms with Gasteiger partial charge in [-0.05, 0) is 11.1 Å². The van der Waals surface area contributed by atoms with E-state index in [2.05, 4.69) is 4.98 Å². The number of nitrogens with one attached hydrogen (secondary N) is 1. The van der Waals surface area contributed by atoms with Crippen LogP contribution in [0.2, 0.25) is 0 Å². The minimum Gasteiger partial charge on any atom is -0.444 e. The van der Waals surface area contributed by atoms with Gasteiger partial charge in [0.25, 0.3) is 0 Å². The molecule has 1 aliphatic carbocycles. The van der Waals surface area contributed by atoms with E-state index in [4.69, 9.17) is 9.62 Å². The molecule has 24 heavy (non-hydrogen) atoms. The number of amides is 1. The number of oxazole rings is 1. The van der Waals surface area contributed by atoms with Gasteiger partial charge in [-0.1, -0.05) is 54.6 Å². The fourth-order valence-corrected chi connectivity index (χ4v) is 3.44.